The van der Waals surface area contributed by atoms with Gasteiger partial charge in [-0.25, -0.2) is 8.42 Å². The van der Waals surface area contributed by atoms with Gasteiger partial charge in [0.15, 0.2) is 0 Å². The molecule has 5 nitrogen and oxygen atoms in total. The van der Waals surface area contributed by atoms with E-state index >= 15 is 0 Å². The molecule has 2 N–H and O–H groups in total. The van der Waals surface area contributed by atoms with Gasteiger partial charge in [-0.15, -0.1) is 0 Å². The number of benzene rings is 1. The van der Waals surface area contributed by atoms with Crippen molar-refractivity contribution in [2.45, 2.75) is 26.3 Å². The van der Waals surface area contributed by atoms with Gasteiger partial charge < -0.3 is 5.11 Å². The molecule has 106 valence electrons. The smallest absolute Gasteiger partial charge is 0.326 e. The topological polar surface area (TPSA) is 83.5 Å². The first-order valence-corrected chi connectivity index (χ1v) is 7.78. The molecule has 0 saturated carbocycles. The predicted molar refractivity (Wildman–Crippen MR) is 73.2 cm³/mol. The van der Waals surface area contributed by atoms with E-state index in [0.717, 1.165) is 6.42 Å². The molecule has 1 aromatic rings. The molecule has 0 aliphatic heterocycles. The molecule has 0 saturated heterocycles. The van der Waals surface area contributed by atoms with Gasteiger partial charge in [0.1, 0.15) is 6.04 Å². The summed E-state index contributed by atoms with van der Waals surface area (Å²) in [6, 6.07) is 7.03. The Kier molecular flexibility index (Phi) is 5.50. The van der Waals surface area contributed by atoms with Crippen molar-refractivity contribution in [1.29, 1.82) is 0 Å². The first kappa shape index (κ1) is 15.7. The van der Waals surface area contributed by atoms with Crippen molar-refractivity contribution in [1.82, 2.24) is 4.72 Å². The van der Waals surface area contributed by atoms with Gasteiger partial charge in [-0.05, 0) is 11.5 Å². The third kappa shape index (κ3) is 5.00. The number of sulfonamides is 1. The van der Waals surface area contributed by atoms with Crippen molar-refractivity contribution >= 4 is 16.0 Å². The van der Waals surface area contributed by atoms with E-state index < -0.39 is 22.0 Å². The SMILES string of the molecule is CCC(C)CS(=O)(=O)N[C@H](C(=O)O)c1ccccc1. The van der Waals surface area contributed by atoms with E-state index in [1.807, 2.05) is 13.8 Å². The number of hydrogen-bond donors (Lipinski definition) is 2. The fraction of sp³-hybridized carbons (Fsp3) is 0.462. The van der Waals surface area contributed by atoms with Crippen LogP contribution in [0.5, 0.6) is 0 Å². The van der Waals surface area contributed by atoms with Crippen LogP contribution in [0, 0.1) is 5.92 Å². The molecule has 0 aliphatic rings. The van der Waals surface area contributed by atoms with Gasteiger partial charge in [-0.3, -0.25) is 4.79 Å². The number of rotatable bonds is 7. The van der Waals surface area contributed by atoms with Crippen molar-refractivity contribution in [2.75, 3.05) is 5.75 Å². The lowest BCUT2D eigenvalue weighted by molar-refractivity contribution is -0.139. The molecule has 0 fully saturated rings. The van der Waals surface area contributed by atoms with Crippen molar-refractivity contribution < 1.29 is 18.3 Å². The lowest BCUT2D eigenvalue weighted by Crippen LogP contribution is -2.36. The van der Waals surface area contributed by atoms with Gasteiger partial charge in [-0.1, -0.05) is 50.6 Å². The molecule has 0 spiro atoms. The summed E-state index contributed by atoms with van der Waals surface area (Å²) < 4.78 is 26.1. The highest BCUT2D eigenvalue weighted by atomic mass is 32.2. The largest absolute Gasteiger partial charge is 0.480 e. The van der Waals surface area contributed by atoms with Gasteiger partial charge in [-0.2, -0.15) is 4.72 Å². The molecule has 1 aromatic carbocycles. The van der Waals surface area contributed by atoms with Crippen LogP contribution in [0.4, 0.5) is 0 Å². The number of nitrogens with one attached hydrogen (secondary N) is 1. The molecule has 19 heavy (non-hydrogen) atoms. The first-order chi connectivity index (χ1) is 8.85. The third-order valence-corrected chi connectivity index (χ3v) is 4.48. The Morgan fingerprint density at radius 2 is 1.89 bits per heavy atom. The second-order valence-corrected chi connectivity index (χ2v) is 6.39. The minimum atomic E-state index is -3.62. The Morgan fingerprint density at radius 1 is 1.32 bits per heavy atom. The first-order valence-electron chi connectivity index (χ1n) is 6.13. The summed E-state index contributed by atoms with van der Waals surface area (Å²) in [5.74, 6) is -1.29. The molecule has 2 atom stereocenters. The molecule has 0 heterocycles. The number of aliphatic carboxylic acids is 1. The summed E-state index contributed by atoms with van der Waals surface area (Å²) >= 11 is 0. The Labute approximate surface area is 113 Å². The molecule has 0 amide bonds. The van der Waals surface area contributed by atoms with E-state index in [0.29, 0.717) is 5.56 Å². The second-order valence-electron chi connectivity index (χ2n) is 4.59. The van der Waals surface area contributed by atoms with Crippen LogP contribution in [0.15, 0.2) is 30.3 Å². The van der Waals surface area contributed by atoms with E-state index in [2.05, 4.69) is 4.72 Å². The summed E-state index contributed by atoms with van der Waals surface area (Å²) in [7, 11) is -3.62. The normalized spacial score (nSPS) is 14.8. The van der Waals surface area contributed by atoms with Crippen molar-refractivity contribution in [2.24, 2.45) is 5.92 Å². The van der Waals surface area contributed by atoms with Crippen LogP contribution in [0.2, 0.25) is 0 Å². The van der Waals surface area contributed by atoms with Gasteiger partial charge in [0, 0.05) is 0 Å². The average Bonchev–Trinajstić information content (AvgIpc) is 2.36. The zero-order valence-electron chi connectivity index (χ0n) is 11.0. The molecule has 0 radical (unpaired) electrons. The minimum absolute atomic E-state index is 0.0114. The van der Waals surface area contributed by atoms with Crippen LogP contribution in [0.1, 0.15) is 31.9 Å². The fourth-order valence-corrected chi connectivity index (χ4v) is 3.30. The summed E-state index contributed by atoms with van der Waals surface area (Å²) in [5, 5.41) is 9.15. The Morgan fingerprint density at radius 3 is 2.37 bits per heavy atom. The minimum Gasteiger partial charge on any atom is -0.480 e. The second kappa shape index (κ2) is 6.68. The van der Waals surface area contributed by atoms with Crippen LogP contribution < -0.4 is 4.72 Å². The lowest BCUT2D eigenvalue weighted by atomic mass is 10.1. The molecule has 1 unspecified atom stereocenters. The maximum atomic E-state index is 11.9. The van der Waals surface area contributed by atoms with Crippen LogP contribution in [0.3, 0.4) is 0 Å². The number of carboxylic acid groups (broad SMARTS) is 1. The molecular formula is C13H19NO4S. The van der Waals surface area contributed by atoms with E-state index in [-0.39, 0.29) is 11.7 Å². The monoisotopic (exact) mass is 285 g/mol. The van der Waals surface area contributed by atoms with Gasteiger partial charge in [0.2, 0.25) is 10.0 Å². The number of hydrogen-bond acceptors (Lipinski definition) is 3. The summed E-state index contributed by atoms with van der Waals surface area (Å²) in [6.45, 7) is 3.71. The highest BCUT2D eigenvalue weighted by molar-refractivity contribution is 7.89. The fourth-order valence-electron chi connectivity index (χ4n) is 1.63. The van der Waals surface area contributed by atoms with Crippen LogP contribution >= 0.6 is 0 Å². The quantitative estimate of drug-likeness (QED) is 0.800. The predicted octanol–water partition coefficient (Wildman–Crippen LogP) is 1.78. The van der Waals surface area contributed by atoms with Crippen LogP contribution in [-0.2, 0) is 14.8 Å². The van der Waals surface area contributed by atoms with E-state index in [4.69, 9.17) is 5.11 Å². The Hall–Kier alpha value is -1.40. The maximum absolute atomic E-state index is 11.9. The molecule has 0 bridgehead atoms. The summed E-state index contributed by atoms with van der Waals surface area (Å²) in [4.78, 5) is 11.2. The zero-order valence-corrected chi connectivity index (χ0v) is 11.9. The van der Waals surface area contributed by atoms with Crippen molar-refractivity contribution in [3.63, 3.8) is 0 Å². The summed E-state index contributed by atoms with van der Waals surface area (Å²) in [5.41, 5.74) is 0.419. The molecular weight excluding hydrogens is 266 g/mol. The molecule has 0 aliphatic carbocycles. The number of carbonyl (C=O) groups is 1. The maximum Gasteiger partial charge on any atom is 0.326 e. The van der Waals surface area contributed by atoms with Crippen molar-refractivity contribution in [3.05, 3.63) is 35.9 Å². The highest BCUT2D eigenvalue weighted by Gasteiger charge is 2.26. The number of carboxylic acids is 1. The van der Waals surface area contributed by atoms with Crippen molar-refractivity contribution in [3.8, 4) is 0 Å². The standard InChI is InChI=1S/C13H19NO4S/c1-3-10(2)9-19(17,18)14-12(13(15)16)11-7-5-4-6-8-11/h4-8,10,12,14H,3,9H2,1-2H3,(H,15,16)/t10?,12-/m0/s1. The molecule has 0 aromatic heterocycles. The van der Waals surface area contributed by atoms with Gasteiger partial charge >= 0.3 is 5.97 Å². The van der Waals surface area contributed by atoms with E-state index in [1.165, 1.54) is 0 Å². The van der Waals surface area contributed by atoms with Crippen LogP contribution in [0.25, 0.3) is 0 Å². The average molecular weight is 285 g/mol. The molecule has 6 heteroatoms. The van der Waals surface area contributed by atoms with Crippen LogP contribution in [-0.4, -0.2) is 25.2 Å². The van der Waals surface area contributed by atoms with E-state index in [9.17, 15) is 13.2 Å². The zero-order chi connectivity index (χ0) is 14.5. The highest BCUT2D eigenvalue weighted by Crippen LogP contribution is 2.15. The van der Waals surface area contributed by atoms with E-state index in [1.54, 1.807) is 30.3 Å². The lowest BCUT2D eigenvalue weighted by Gasteiger charge is -2.16. The molecule has 1 rings (SSSR count). The summed E-state index contributed by atoms with van der Waals surface area (Å²) in [6.07, 6.45) is 0.726. The third-order valence-electron chi connectivity index (χ3n) is 2.88. The van der Waals surface area contributed by atoms with Gasteiger partial charge in [0.25, 0.3) is 0 Å². The Balaban J connectivity index is 2.89. The van der Waals surface area contributed by atoms with Gasteiger partial charge in [0.05, 0.1) is 5.75 Å². The Bertz CT molecular complexity index is 513.